The van der Waals surface area contributed by atoms with E-state index >= 15 is 0 Å². The second-order valence-corrected chi connectivity index (χ2v) is 5.27. The van der Waals surface area contributed by atoms with E-state index in [9.17, 15) is 9.59 Å². The minimum absolute atomic E-state index is 0.207. The topological polar surface area (TPSA) is 95.7 Å². The monoisotopic (exact) mass is 281 g/mol. The molecule has 7 heteroatoms. The Morgan fingerprint density at radius 2 is 2.35 bits per heavy atom. The summed E-state index contributed by atoms with van der Waals surface area (Å²) in [6.45, 7) is 4.49. The van der Waals surface area contributed by atoms with Crippen LogP contribution in [0.5, 0.6) is 0 Å². The third-order valence-electron chi connectivity index (χ3n) is 3.62. The van der Waals surface area contributed by atoms with Gasteiger partial charge in [0.1, 0.15) is 5.76 Å². The number of aryl methyl sites for hydroxylation is 1. The van der Waals surface area contributed by atoms with Crippen LogP contribution in [0, 0.1) is 5.41 Å². The second kappa shape index (κ2) is 5.52. The maximum Gasteiger partial charge on any atom is 0.317 e. The van der Waals surface area contributed by atoms with E-state index in [0.717, 1.165) is 12.2 Å². The average molecular weight is 281 g/mol. The number of aromatic nitrogens is 1. The largest absolute Gasteiger partial charge is 0.481 e. The Labute approximate surface area is 117 Å². The van der Waals surface area contributed by atoms with Crippen molar-refractivity contribution in [3.63, 3.8) is 0 Å². The molecule has 7 nitrogen and oxygen atoms in total. The van der Waals surface area contributed by atoms with Crippen LogP contribution < -0.4 is 5.32 Å². The number of carbonyl (C=O) groups is 2. The summed E-state index contributed by atoms with van der Waals surface area (Å²) in [4.78, 5) is 28.6. The Hall–Kier alpha value is -2.05. The molecule has 0 bridgehead atoms. The highest BCUT2D eigenvalue weighted by atomic mass is 16.4. The lowest BCUT2D eigenvalue weighted by molar-refractivity contribution is -0.147. The summed E-state index contributed by atoms with van der Waals surface area (Å²) in [5.41, 5.74) is -0.852. The number of hydrogen-bond acceptors (Lipinski definition) is 4. The lowest BCUT2D eigenvalue weighted by Crippen LogP contribution is -2.40. The van der Waals surface area contributed by atoms with Crippen LogP contribution in [0.2, 0.25) is 0 Å². The second-order valence-electron chi connectivity index (χ2n) is 5.27. The SMILES string of the molecule is CCc1cnc(CNC(=O)N2CCC(C)(C(=O)O)C2)o1. The number of carboxylic acid groups (broad SMARTS) is 1. The summed E-state index contributed by atoms with van der Waals surface area (Å²) in [6, 6.07) is -0.286. The maximum atomic E-state index is 12.0. The van der Waals surface area contributed by atoms with E-state index in [1.165, 1.54) is 4.90 Å². The number of amides is 2. The molecule has 2 N–H and O–H groups in total. The van der Waals surface area contributed by atoms with Gasteiger partial charge in [-0.3, -0.25) is 4.79 Å². The van der Waals surface area contributed by atoms with Crippen molar-refractivity contribution in [2.24, 2.45) is 5.41 Å². The fourth-order valence-electron chi connectivity index (χ4n) is 2.17. The van der Waals surface area contributed by atoms with Gasteiger partial charge in [0.2, 0.25) is 5.89 Å². The van der Waals surface area contributed by atoms with Crippen molar-refractivity contribution < 1.29 is 19.1 Å². The first-order valence-electron chi connectivity index (χ1n) is 6.64. The number of urea groups is 1. The summed E-state index contributed by atoms with van der Waals surface area (Å²) in [6.07, 6.45) is 2.86. The van der Waals surface area contributed by atoms with Crippen molar-refractivity contribution in [1.82, 2.24) is 15.2 Å². The van der Waals surface area contributed by atoms with Crippen molar-refractivity contribution in [3.05, 3.63) is 17.8 Å². The lowest BCUT2D eigenvalue weighted by atomic mass is 9.90. The van der Waals surface area contributed by atoms with Crippen molar-refractivity contribution in [3.8, 4) is 0 Å². The van der Waals surface area contributed by atoms with Crippen LogP contribution in [0.3, 0.4) is 0 Å². The Morgan fingerprint density at radius 3 is 2.90 bits per heavy atom. The number of carboxylic acids is 1. The Morgan fingerprint density at radius 1 is 1.60 bits per heavy atom. The Balaban J connectivity index is 1.85. The van der Waals surface area contributed by atoms with Gasteiger partial charge in [-0.2, -0.15) is 0 Å². The molecule has 1 saturated heterocycles. The summed E-state index contributed by atoms with van der Waals surface area (Å²) in [5, 5.41) is 11.8. The predicted octanol–water partition coefficient (Wildman–Crippen LogP) is 1.24. The first-order valence-corrected chi connectivity index (χ1v) is 6.64. The molecule has 0 spiro atoms. The summed E-state index contributed by atoms with van der Waals surface area (Å²) >= 11 is 0. The molecule has 1 atom stereocenters. The molecule has 0 aliphatic carbocycles. The molecule has 1 unspecified atom stereocenters. The highest BCUT2D eigenvalue weighted by Gasteiger charge is 2.42. The number of aliphatic carboxylic acids is 1. The van der Waals surface area contributed by atoms with E-state index in [2.05, 4.69) is 10.3 Å². The summed E-state index contributed by atoms with van der Waals surface area (Å²) in [5.74, 6) is 0.359. The quantitative estimate of drug-likeness (QED) is 0.865. The molecule has 110 valence electrons. The predicted molar refractivity (Wildman–Crippen MR) is 70.0 cm³/mol. The molecule has 1 aliphatic rings. The zero-order valence-electron chi connectivity index (χ0n) is 11.7. The van der Waals surface area contributed by atoms with E-state index < -0.39 is 11.4 Å². The smallest absolute Gasteiger partial charge is 0.317 e. The maximum absolute atomic E-state index is 12.0. The number of rotatable bonds is 4. The zero-order chi connectivity index (χ0) is 14.8. The molecule has 1 aliphatic heterocycles. The van der Waals surface area contributed by atoms with E-state index in [1.54, 1.807) is 13.1 Å². The zero-order valence-corrected chi connectivity index (χ0v) is 11.7. The van der Waals surface area contributed by atoms with Crippen LogP contribution in [0.4, 0.5) is 4.79 Å². The van der Waals surface area contributed by atoms with Crippen LogP contribution in [0.25, 0.3) is 0 Å². The van der Waals surface area contributed by atoms with E-state index in [1.807, 2.05) is 6.92 Å². The fraction of sp³-hybridized carbons (Fsp3) is 0.615. The number of nitrogens with zero attached hydrogens (tertiary/aromatic N) is 2. The van der Waals surface area contributed by atoms with Crippen LogP contribution in [-0.2, 0) is 17.8 Å². The van der Waals surface area contributed by atoms with Crippen LogP contribution in [-0.4, -0.2) is 40.1 Å². The van der Waals surface area contributed by atoms with Crippen molar-refractivity contribution in [1.29, 1.82) is 0 Å². The first kappa shape index (κ1) is 14.4. The average Bonchev–Trinajstić information content (AvgIpc) is 3.03. The van der Waals surface area contributed by atoms with Crippen LogP contribution in [0.1, 0.15) is 31.9 Å². The van der Waals surface area contributed by atoms with E-state index in [0.29, 0.717) is 18.9 Å². The van der Waals surface area contributed by atoms with Gasteiger partial charge in [0.05, 0.1) is 18.2 Å². The molecule has 1 fully saturated rings. The summed E-state index contributed by atoms with van der Waals surface area (Å²) in [7, 11) is 0. The highest BCUT2D eigenvalue weighted by molar-refractivity contribution is 5.79. The van der Waals surface area contributed by atoms with Gasteiger partial charge in [0.15, 0.2) is 0 Å². The number of hydrogen-bond donors (Lipinski definition) is 2. The molecule has 2 rings (SSSR count). The van der Waals surface area contributed by atoms with Gasteiger partial charge in [-0.1, -0.05) is 6.92 Å². The van der Waals surface area contributed by atoms with E-state index in [4.69, 9.17) is 9.52 Å². The normalized spacial score (nSPS) is 22.0. The molecule has 0 radical (unpaired) electrons. The van der Waals surface area contributed by atoms with Crippen molar-refractivity contribution in [2.45, 2.75) is 33.2 Å². The lowest BCUT2D eigenvalue weighted by Gasteiger charge is -2.20. The number of likely N-dealkylation sites (tertiary alicyclic amines) is 1. The minimum Gasteiger partial charge on any atom is -0.481 e. The standard InChI is InChI=1S/C13H19N3O4/c1-3-9-6-14-10(20-9)7-15-12(19)16-5-4-13(2,8-16)11(17)18/h6H,3-5,7-8H2,1-2H3,(H,15,19)(H,17,18). The highest BCUT2D eigenvalue weighted by Crippen LogP contribution is 2.29. The van der Waals surface area contributed by atoms with Crippen molar-refractivity contribution in [2.75, 3.05) is 13.1 Å². The van der Waals surface area contributed by atoms with Gasteiger partial charge in [-0.15, -0.1) is 0 Å². The molecular formula is C13H19N3O4. The molecule has 20 heavy (non-hydrogen) atoms. The Kier molecular flexibility index (Phi) is 3.96. The Bertz CT molecular complexity index is 513. The molecule has 0 aromatic carbocycles. The first-order chi connectivity index (χ1) is 9.44. The molecule has 2 amide bonds. The molecule has 1 aromatic heterocycles. The van der Waals surface area contributed by atoms with Gasteiger partial charge < -0.3 is 19.7 Å². The van der Waals surface area contributed by atoms with Gasteiger partial charge in [-0.05, 0) is 13.3 Å². The fourth-order valence-corrected chi connectivity index (χ4v) is 2.17. The third kappa shape index (κ3) is 2.92. The summed E-state index contributed by atoms with van der Waals surface area (Å²) < 4.78 is 5.39. The molecular weight excluding hydrogens is 262 g/mol. The van der Waals surface area contributed by atoms with Gasteiger partial charge >= 0.3 is 12.0 Å². The number of carbonyl (C=O) groups excluding carboxylic acids is 1. The van der Waals surface area contributed by atoms with E-state index in [-0.39, 0.29) is 19.1 Å². The number of nitrogens with one attached hydrogen (secondary N) is 1. The van der Waals surface area contributed by atoms with Gasteiger partial charge in [0.25, 0.3) is 0 Å². The van der Waals surface area contributed by atoms with Crippen molar-refractivity contribution >= 4 is 12.0 Å². The molecule has 0 saturated carbocycles. The molecule has 2 heterocycles. The minimum atomic E-state index is -0.868. The molecule has 1 aromatic rings. The number of oxazole rings is 1. The van der Waals surface area contributed by atoms with Gasteiger partial charge in [0, 0.05) is 19.5 Å². The third-order valence-corrected chi connectivity index (χ3v) is 3.62. The van der Waals surface area contributed by atoms with Crippen LogP contribution in [0.15, 0.2) is 10.6 Å². The van der Waals surface area contributed by atoms with Gasteiger partial charge in [-0.25, -0.2) is 9.78 Å². The van der Waals surface area contributed by atoms with Crippen LogP contribution >= 0.6 is 0 Å².